The van der Waals surface area contributed by atoms with Gasteiger partial charge in [0.05, 0.1) is 21.8 Å². The second-order valence-corrected chi connectivity index (χ2v) is 6.52. The van der Waals surface area contributed by atoms with Crippen molar-refractivity contribution < 1.29 is 14.4 Å². The molecule has 0 spiro atoms. The third kappa shape index (κ3) is 2.82. The lowest BCUT2D eigenvalue weighted by Gasteiger charge is -2.14. The number of nitrogens with zero attached hydrogens (tertiary/aromatic N) is 2. The van der Waals surface area contributed by atoms with Crippen molar-refractivity contribution in [2.24, 2.45) is 0 Å². The van der Waals surface area contributed by atoms with Gasteiger partial charge in [0.25, 0.3) is 17.7 Å². The standard InChI is InChI=1S/C17H17N3O3S/c1-3-13-19-10(2)14(24-13)15(21)18-8-9-20-16(22)11-6-4-5-7-12(11)17(20)23/h4-7H,3,8-9H2,1-2H3,(H,18,21). The van der Waals surface area contributed by atoms with Gasteiger partial charge in [-0.2, -0.15) is 0 Å². The number of aryl methyl sites for hydroxylation is 2. The molecule has 6 nitrogen and oxygen atoms in total. The Morgan fingerprint density at radius 3 is 2.38 bits per heavy atom. The van der Waals surface area contributed by atoms with Crippen LogP contribution in [0.3, 0.4) is 0 Å². The van der Waals surface area contributed by atoms with Gasteiger partial charge in [0, 0.05) is 13.1 Å². The lowest BCUT2D eigenvalue weighted by molar-refractivity contribution is 0.0650. The molecule has 0 atom stereocenters. The molecule has 0 bridgehead atoms. The molecule has 0 saturated heterocycles. The molecule has 124 valence electrons. The Labute approximate surface area is 143 Å². The van der Waals surface area contributed by atoms with Gasteiger partial charge in [-0.15, -0.1) is 11.3 Å². The van der Waals surface area contributed by atoms with Crippen molar-refractivity contribution in [3.8, 4) is 0 Å². The summed E-state index contributed by atoms with van der Waals surface area (Å²) in [6, 6.07) is 6.74. The van der Waals surface area contributed by atoms with Crippen molar-refractivity contribution in [3.63, 3.8) is 0 Å². The number of fused-ring (bicyclic) bond motifs is 1. The molecule has 1 aromatic carbocycles. The van der Waals surface area contributed by atoms with Gasteiger partial charge in [-0.1, -0.05) is 19.1 Å². The van der Waals surface area contributed by atoms with Crippen molar-refractivity contribution in [3.05, 3.63) is 51.0 Å². The first-order valence-corrected chi connectivity index (χ1v) is 8.54. The van der Waals surface area contributed by atoms with Gasteiger partial charge >= 0.3 is 0 Å². The quantitative estimate of drug-likeness (QED) is 0.843. The van der Waals surface area contributed by atoms with Crippen molar-refractivity contribution in [2.75, 3.05) is 13.1 Å². The third-order valence-electron chi connectivity index (χ3n) is 3.85. The summed E-state index contributed by atoms with van der Waals surface area (Å²) in [6.45, 7) is 4.15. The maximum Gasteiger partial charge on any atom is 0.263 e. The summed E-state index contributed by atoms with van der Waals surface area (Å²) in [5.41, 5.74) is 1.54. The zero-order valence-electron chi connectivity index (χ0n) is 13.5. The van der Waals surface area contributed by atoms with Gasteiger partial charge in [-0.25, -0.2) is 4.98 Å². The van der Waals surface area contributed by atoms with Gasteiger partial charge in [0.2, 0.25) is 0 Å². The topological polar surface area (TPSA) is 79.4 Å². The van der Waals surface area contributed by atoms with Crippen LogP contribution >= 0.6 is 11.3 Å². The number of hydrogen-bond acceptors (Lipinski definition) is 5. The van der Waals surface area contributed by atoms with E-state index in [-0.39, 0.29) is 30.8 Å². The Morgan fingerprint density at radius 1 is 1.21 bits per heavy atom. The Hall–Kier alpha value is -2.54. The highest BCUT2D eigenvalue weighted by molar-refractivity contribution is 7.13. The number of hydrogen-bond donors (Lipinski definition) is 1. The molecule has 0 unspecified atom stereocenters. The molecule has 0 aliphatic carbocycles. The molecule has 1 N–H and O–H groups in total. The molecule has 24 heavy (non-hydrogen) atoms. The van der Waals surface area contributed by atoms with Crippen LogP contribution in [0.2, 0.25) is 0 Å². The van der Waals surface area contributed by atoms with E-state index in [1.54, 1.807) is 31.2 Å². The number of rotatable bonds is 5. The van der Waals surface area contributed by atoms with Crippen molar-refractivity contribution in [2.45, 2.75) is 20.3 Å². The Balaban J connectivity index is 1.61. The molecule has 0 saturated carbocycles. The molecule has 2 heterocycles. The SMILES string of the molecule is CCc1nc(C)c(C(=O)NCCN2C(=O)c3ccccc3C2=O)s1. The van der Waals surface area contributed by atoms with E-state index in [4.69, 9.17) is 0 Å². The fourth-order valence-corrected chi connectivity index (χ4v) is 3.54. The van der Waals surface area contributed by atoms with Crippen molar-refractivity contribution >= 4 is 29.1 Å². The smallest absolute Gasteiger partial charge is 0.263 e. The molecule has 1 aliphatic rings. The van der Waals surface area contributed by atoms with Crippen LogP contribution in [-0.4, -0.2) is 40.7 Å². The largest absolute Gasteiger partial charge is 0.349 e. The Morgan fingerprint density at radius 2 is 1.83 bits per heavy atom. The summed E-state index contributed by atoms with van der Waals surface area (Å²) in [7, 11) is 0. The maximum atomic E-state index is 12.2. The van der Waals surface area contributed by atoms with Crippen molar-refractivity contribution in [1.82, 2.24) is 15.2 Å². The molecule has 2 aromatic rings. The van der Waals surface area contributed by atoms with Gasteiger partial charge in [0.1, 0.15) is 4.88 Å². The Kier molecular flexibility index (Phi) is 4.44. The third-order valence-corrected chi connectivity index (χ3v) is 5.15. The lowest BCUT2D eigenvalue weighted by Crippen LogP contribution is -2.38. The van der Waals surface area contributed by atoms with Gasteiger partial charge in [-0.05, 0) is 25.5 Å². The highest BCUT2D eigenvalue weighted by Gasteiger charge is 2.34. The molecule has 0 fully saturated rings. The molecule has 0 radical (unpaired) electrons. The molecule has 3 rings (SSSR count). The monoisotopic (exact) mass is 343 g/mol. The van der Waals surface area contributed by atoms with Crippen LogP contribution in [0.5, 0.6) is 0 Å². The minimum atomic E-state index is -0.313. The molecule has 7 heteroatoms. The first-order chi connectivity index (χ1) is 11.5. The number of imide groups is 1. The van der Waals surface area contributed by atoms with E-state index in [9.17, 15) is 14.4 Å². The average molecular weight is 343 g/mol. The highest BCUT2D eigenvalue weighted by atomic mass is 32.1. The lowest BCUT2D eigenvalue weighted by atomic mass is 10.1. The number of nitrogens with one attached hydrogen (secondary N) is 1. The van der Waals surface area contributed by atoms with Crippen LogP contribution in [0.1, 0.15) is 48.0 Å². The first kappa shape index (κ1) is 16.3. The molecular weight excluding hydrogens is 326 g/mol. The Bertz CT molecular complexity index is 793. The summed E-state index contributed by atoms with van der Waals surface area (Å²) < 4.78 is 0. The summed E-state index contributed by atoms with van der Waals surface area (Å²) in [4.78, 5) is 42.8. The zero-order valence-corrected chi connectivity index (χ0v) is 14.3. The predicted octanol–water partition coefficient (Wildman–Crippen LogP) is 2.04. The van der Waals surface area contributed by atoms with E-state index in [1.807, 2.05) is 6.92 Å². The summed E-state index contributed by atoms with van der Waals surface area (Å²) in [5.74, 6) is -0.847. The van der Waals surface area contributed by atoms with E-state index in [0.29, 0.717) is 21.7 Å². The number of amides is 3. The van der Waals surface area contributed by atoms with Crippen LogP contribution in [-0.2, 0) is 6.42 Å². The first-order valence-electron chi connectivity index (χ1n) is 7.72. The number of benzene rings is 1. The molecule has 1 aromatic heterocycles. The maximum absolute atomic E-state index is 12.2. The molecular formula is C17H17N3O3S. The average Bonchev–Trinajstić information content (AvgIpc) is 3.08. The normalized spacial score (nSPS) is 13.3. The van der Waals surface area contributed by atoms with Gasteiger partial charge in [-0.3, -0.25) is 19.3 Å². The number of carbonyl (C=O) groups excluding carboxylic acids is 3. The summed E-state index contributed by atoms with van der Waals surface area (Å²) >= 11 is 1.37. The van der Waals surface area contributed by atoms with E-state index >= 15 is 0 Å². The summed E-state index contributed by atoms with van der Waals surface area (Å²) in [6.07, 6.45) is 0.786. The van der Waals surface area contributed by atoms with Crippen molar-refractivity contribution in [1.29, 1.82) is 0 Å². The van der Waals surface area contributed by atoms with E-state index in [0.717, 1.165) is 11.4 Å². The van der Waals surface area contributed by atoms with Crippen LogP contribution in [0, 0.1) is 6.92 Å². The minimum Gasteiger partial charge on any atom is -0.349 e. The number of thiazole rings is 1. The number of aromatic nitrogens is 1. The molecule has 3 amide bonds. The van der Waals surface area contributed by atoms with Gasteiger partial charge in [0.15, 0.2) is 0 Å². The fraction of sp³-hybridized carbons (Fsp3) is 0.294. The van der Waals surface area contributed by atoms with E-state index in [1.165, 1.54) is 16.2 Å². The number of carbonyl (C=O) groups is 3. The van der Waals surface area contributed by atoms with Crippen LogP contribution < -0.4 is 5.32 Å². The zero-order chi connectivity index (χ0) is 17.3. The minimum absolute atomic E-state index is 0.149. The second kappa shape index (κ2) is 6.52. The molecule has 1 aliphatic heterocycles. The highest BCUT2D eigenvalue weighted by Crippen LogP contribution is 2.22. The second-order valence-electron chi connectivity index (χ2n) is 5.44. The predicted molar refractivity (Wildman–Crippen MR) is 90.4 cm³/mol. The van der Waals surface area contributed by atoms with Crippen LogP contribution in [0.4, 0.5) is 0 Å². The van der Waals surface area contributed by atoms with Crippen LogP contribution in [0.15, 0.2) is 24.3 Å². The van der Waals surface area contributed by atoms with Crippen LogP contribution in [0.25, 0.3) is 0 Å². The van der Waals surface area contributed by atoms with E-state index < -0.39 is 0 Å². The van der Waals surface area contributed by atoms with E-state index in [2.05, 4.69) is 10.3 Å². The van der Waals surface area contributed by atoms with Gasteiger partial charge < -0.3 is 5.32 Å². The summed E-state index contributed by atoms with van der Waals surface area (Å²) in [5, 5.41) is 3.67. The fourth-order valence-electron chi connectivity index (χ4n) is 2.62.